The minimum Gasteiger partial charge on any atom is -0.493 e. The van der Waals surface area contributed by atoms with Crippen LogP contribution in [0.5, 0.6) is 28.7 Å². The zero-order chi connectivity index (χ0) is 68.0. The van der Waals surface area contributed by atoms with E-state index in [0.717, 1.165) is 104 Å². The molecule has 25 nitrogen and oxygen atoms in total. The molecule has 9 rings (SSSR count). The Hall–Kier alpha value is -10.7. The Labute approximate surface area is 560 Å². The number of anilines is 8. The normalized spacial score (nSPS) is 12.1. The van der Waals surface area contributed by atoms with Gasteiger partial charge >= 0.3 is 12.1 Å². The van der Waals surface area contributed by atoms with Crippen molar-refractivity contribution in [2.45, 2.75) is 119 Å². The Morgan fingerprint density at radius 2 is 0.958 bits per heavy atom. The number of hydrogen-bond donors (Lipinski definition) is 9. The third-order valence-corrected chi connectivity index (χ3v) is 15.5. The first-order chi connectivity index (χ1) is 46.5. The van der Waals surface area contributed by atoms with E-state index in [4.69, 9.17) is 45.1 Å². The first-order valence-corrected chi connectivity index (χ1v) is 32.8. The second kappa shape index (κ2) is 33.9. The largest absolute Gasteiger partial charge is 0.493 e. The van der Waals surface area contributed by atoms with Crippen LogP contribution in [0.25, 0.3) is 0 Å². The molecule has 11 N–H and O–H groups in total. The van der Waals surface area contributed by atoms with E-state index in [1.165, 1.54) is 24.3 Å². The molecule has 2 heterocycles. The second-order valence-electron chi connectivity index (χ2n) is 24.3. The average Bonchev–Trinajstić information content (AvgIpc) is 0.789. The predicted molar refractivity (Wildman–Crippen MR) is 374 cm³/mol. The Morgan fingerprint density at radius 1 is 0.531 bits per heavy atom. The Balaban J connectivity index is 0.976. The Morgan fingerprint density at radius 3 is 1.42 bits per heavy atom. The van der Waals surface area contributed by atoms with E-state index in [1.54, 1.807) is 0 Å². The lowest BCUT2D eigenvalue weighted by molar-refractivity contribution is -0.384. The van der Waals surface area contributed by atoms with Gasteiger partial charge < -0.3 is 72.4 Å². The fourth-order valence-electron chi connectivity index (χ4n) is 10.9. The summed E-state index contributed by atoms with van der Waals surface area (Å²) in [5.41, 5.74) is 22.2. The zero-order valence-electron chi connectivity index (χ0n) is 55.7. The van der Waals surface area contributed by atoms with Gasteiger partial charge in [0.25, 0.3) is 5.69 Å². The zero-order valence-corrected chi connectivity index (χ0v) is 55.7. The third kappa shape index (κ3) is 19.9. The van der Waals surface area contributed by atoms with Crippen LogP contribution in [0.2, 0.25) is 0 Å². The van der Waals surface area contributed by atoms with Gasteiger partial charge in [-0.2, -0.15) is 29.9 Å². The fourth-order valence-corrected chi connectivity index (χ4v) is 10.9. The molecule has 0 radical (unpaired) electrons. The number of carbonyl (C=O) groups is 2. The van der Waals surface area contributed by atoms with Crippen molar-refractivity contribution in [3.63, 3.8) is 0 Å². The van der Waals surface area contributed by atoms with Crippen LogP contribution in [0.4, 0.5) is 62.3 Å². The highest BCUT2D eigenvalue weighted by Gasteiger charge is 2.26. The molecule has 506 valence electrons. The van der Waals surface area contributed by atoms with Crippen molar-refractivity contribution in [3.05, 3.63) is 175 Å². The molecule has 8 aromatic rings. The number of ether oxygens (including phenoxy) is 5. The summed E-state index contributed by atoms with van der Waals surface area (Å²) in [7, 11) is 0. The van der Waals surface area contributed by atoms with Crippen molar-refractivity contribution in [2.24, 2.45) is 5.41 Å². The number of nitro benzene ring substituents is 1. The number of fused-ring (bicyclic) bond motifs is 8. The summed E-state index contributed by atoms with van der Waals surface area (Å²) in [5, 5.41) is 33.1. The van der Waals surface area contributed by atoms with Crippen molar-refractivity contribution in [1.29, 1.82) is 0 Å². The summed E-state index contributed by atoms with van der Waals surface area (Å²) < 4.78 is 32.6. The number of aromatic nitrogens is 6. The SMILES string of the molecule is CCCOc1c2cccc1Cc1cc(Nc3nc(N)nc(N[C@H](C)c4ccccc4)n3)cc(c1OCCC)Cc1cccc(c1OCCC)Cc1cc(Nc3nc(N)nc(NCC(C)(C)CNC(=O)NCCCCNC(=O)Oc4ccc([N+](=O)[O-])cc4)n3)cc(c1OCCC)C2. The number of nitrogen functional groups attached to an aromatic ring is 2. The van der Waals surface area contributed by atoms with Gasteiger partial charge in [0.1, 0.15) is 28.7 Å². The number of para-hydroxylation sites is 2. The summed E-state index contributed by atoms with van der Waals surface area (Å²) in [6, 6.07) is 35.8. The van der Waals surface area contributed by atoms with Gasteiger partial charge in [-0.3, -0.25) is 10.1 Å². The van der Waals surface area contributed by atoms with Gasteiger partial charge in [-0.15, -0.1) is 0 Å². The van der Waals surface area contributed by atoms with E-state index in [1.807, 2.05) is 51.1 Å². The van der Waals surface area contributed by atoms with Crippen LogP contribution in [-0.4, -0.2) is 99.6 Å². The number of benzene rings is 6. The lowest BCUT2D eigenvalue weighted by Crippen LogP contribution is -2.43. The highest BCUT2D eigenvalue weighted by atomic mass is 16.6. The summed E-state index contributed by atoms with van der Waals surface area (Å²) in [6.07, 6.45) is 5.36. The first-order valence-electron chi connectivity index (χ1n) is 32.8. The number of rotatable bonds is 31. The number of urea groups is 1. The molecular weight excluding hydrogens is 1220 g/mol. The quantitative estimate of drug-likeness (QED) is 0.0111. The molecule has 3 amide bonds. The molecule has 1 aliphatic carbocycles. The maximum Gasteiger partial charge on any atom is 0.412 e. The number of non-ortho nitro benzene ring substituents is 1. The van der Waals surface area contributed by atoms with Crippen LogP contribution in [0.1, 0.15) is 143 Å². The Bertz CT molecular complexity index is 3830. The van der Waals surface area contributed by atoms with Crippen LogP contribution < -0.4 is 72.4 Å². The lowest BCUT2D eigenvalue weighted by atomic mass is 9.90. The van der Waals surface area contributed by atoms with Crippen molar-refractivity contribution < 1.29 is 38.2 Å². The molecule has 0 fully saturated rings. The number of nitrogens with one attached hydrogen (secondary N) is 7. The van der Waals surface area contributed by atoms with Gasteiger partial charge in [0.2, 0.25) is 35.7 Å². The summed E-state index contributed by atoms with van der Waals surface area (Å²) in [6.45, 7) is 17.7. The minimum atomic E-state index is -0.685. The van der Waals surface area contributed by atoms with E-state index in [0.29, 0.717) is 103 Å². The summed E-state index contributed by atoms with van der Waals surface area (Å²) >= 11 is 0. The van der Waals surface area contributed by atoms with Gasteiger partial charge in [0, 0.05) is 97.6 Å². The van der Waals surface area contributed by atoms with Crippen LogP contribution in [0.3, 0.4) is 0 Å². The van der Waals surface area contributed by atoms with Gasteiger partial charge in [0.05, 0.1) is 37.4 Å². The molecule has 8 bridgehead atoms. The second-order valence-corrected chi connectivity index (χ2v) is 24.3. The smallest absolute Gasteiger partial charge is 0.412 e. The highest BCUT2D eigenvalue weighted by molar-refractivity contribution is 5.74. The van der Waals surface area contributed by atoms with Crippen LogP contribution >= 0.6 is 0 Å². The number of unbranched alkanes of at least 4 members (excludes halogenated alkanes) is 1. The monoisotopic (exact) mass is 1310 g/mol. The molecule has 6 aromatic carbocycles. The van der Waals surface area contributed by atoms with E-state index >= 15 is 0 Å². The molecule has 0 saturated carbocycles. The average molecular weight is 1310 g/mol. The van der Waals surface area contributed by atoms with Crippen molar-refractivity contribution in [3.8, 4) is 28.7 Å². The molecule has 25 heteroatoms. The molecule has 0 saturated heterocycles. The number of nitro groups is 1. The molecule has 1 aliphatic rings. The van der Waals surface area contributed by atoms with Gasteiger partial charge in [-0.05, 0) is 115 Å². The standard InChI is InChI=1S/C71H88N16O9/c1-8-31-92-59-47-21-17-23-49(59)37-53-41-56(80-68-84-64(73)82-66(86-68)78-45(5)46-19-13-12-14-20-46)42-54(62(53)95-34-11-4)38-50-24-18-22-48(60(50)93-32-9-2)36-52-40-55(39-51(35-47)61(52)94-33-10-3)79-67-83-63(72)81-65(85-67)76-43-71(6,7)44-77-69(88)74-29-15-16-30-75-70(89)96-58-27-25-57(26-28-58)87(90)91/h12-14,17-28,39-42,45H,8-11,15-16,29-38,43-44H2,1-7H3,(H,75,89)(H2,74,77,88)(H4,72,76,79,81,83,85)(H4,73,78,80,82,84,86)/t45-/m1/s1. The fraction of sp³-hybridized carbons (Fsp3) is 0.380. The lowest BCUT2D eigenvalue weighted by Gasteiger charge is -2.25. The number of carbonyl (C=O) groups excluding carboxylic acids is 2. The van der Waals surface area contributed by atoms with E-state index in [9.17, 15) is 19.7 Å². The summed E-state index contributed by atoms with van der Waals surface area (Å²) in [5.74, 6) is 4.40. The summed E-state index contributed by atoms with van der Waals surface area (Å²) in [4.78, 5) is 63.1. The van der Waals surface area contributed by atoms with Crippen LogP contribution in [0.15, 0.2) is 115 Å². The van der Waals surface area contributed by atoms with Crippen molar-refractivity contribution in [2.75, 3.05) is 85.3 Å². The molecule has 0 unspecified atom stereocenters. The van der Waals surface area contributed by atoms with E-state index in [-0.39, 0.29) is 53.3 Å². The third-order valence-electron chi connectivity index (χ3n) is 15.5. The first kappa shape index (κ1) is 69.6. The molecule has 0 aliphatic heterocycles. The maximum atomic E-state index is 12.9. The number of nitrogens with two attached hydrogens (primary N) is 2. The highest BCUT2D eigenvalue weighted by Crippen LogP contribution is 2.42. The molecular formula is C71H88N16O9. The molecule has 0 spiro atoms. The van der Waals surface area contributed by atoms with Crippen molar-refractivity contribution in [1.82, 2.24) is 45.9 Å². The van der Waals surface area contributed by atoms with Crippen LogP contribution in [-0.2, 0) is 25.7 Å². The predicted octanol–water partition coefficient (Wildman–Crippen LogP) is 12.9. The minimum absolute atomic E-state index is 0.00207. The van der Waals surface area contributed by atoms with E-state index < -0.39 is 16.4 Å². The van der Waals surface area contributed by atoms with E-state index in [2.05, 4.69) is 146 Å². The number of nitrogens with zero attached hydrogens (tertiary/aromatic N) is 7. The molecule has 1 atom stereocenters. The molecule has 2 aromatic heterocycles. The number of amides is 3. The van der Waals surface area contributed by atoms with Gasteiger partial charge in [-0.25, -0.2) is 9.59 Å². The van der Waals surface area contributed by atoms with Gasteiger partial charge in [-0.1, -0.05) is 108 Å². The Kier molecular flexibility index (Phi) is 24.6. The topological polar surface area (TPSA) is 337 Å². The number of hydrogen-bond acceptors (Lipinski definition) is 21. The molecule has 96 heavy (non-hydrogen) atoms. The maximum absolute atomic E-state index is 12.9. The van der Waals surface area contributed by atoms with Crippen LogP contribution in [0, 0.1) is 15.5 Å². The van der Waals surface area contributed by atoms with Gasteiger partial charge in [0.15, 0.2) is 0 Å². The van der Waals surface area contributed by atoms with Crippen molar-refractivity contribution >= 4 is 64.9 Å².